The predicted octanol–water partition coefficient (Wildman–Crippen LogP) is 7.55. The zero-order valence-electron chi connectivity index (χ0n) is 19.8. The number of aliphatic hydroxyl groups excluding tert-OH is 1. The fourth-order valence-corrected chi connectivity index (χ4v) is 8.98. The van der Waals surface area contributed by atoms with Gasteiger partial charge in [0.25, 0.3) is 0 Å². The largest absolute Gasteiger partial charge is 0.393 e. The molecule has 0 aromatic rings. The molecule has 0 aromatic carbocycles. The summed E-state index contributed by atoms with van der Waals surface area (Å²) >= 11 is 0. The Balaban J connectivity index is 1.45. The van der Waals surface area contributed by atoms with Crippen LogP contribution in [0.1, 0.15) is 98.8 Å². The number of hydrogen-bond donors (Lipinski definition) is 1. The van der Waals surface area contributed by atoms with Crippen molar-refractivity contribution in [1.82, 2.24) is 0 Å². The van der Waals surface area contributed by atoms with Gasteiger partial charge in [-0.2, -0.15) is 0 Å². The van der Waals surface area contributed by atoms with Gasteiger partial charge in [-0.1, -0.05) is 44.6 Å². The van der Waals surface area contributed by atoms with Crippen molar-refractivity contribution in [3.63, 3.8) is 0 Å². The van der Waals surface area contributed by atoms with Crippen molar-refractivity contribution in [1.29, 1.82) is 0 Å². The first-order chi connectivity index (χ1) is 13.7. The summed E-state index contributed by atoms with van der Waals surface area (Å²) in [6.45, 7) is 16.3. The van der Waals surface area contributed by atoms with Crippen LogP contribution in [-0.4, -0.2) is 11.2 Å². The van der Waals surface area contributed by atoms with E-state index in [9.17, 15) is 5.11 Å². The highest BCUT2D eigenvalue weighted by Gasteiger charge is 2.60. The molecule has 8 atom stereocenters. The fraction of sp³-hybridized carbons (Fsp3) is 0.857. The molecule has 4 aliphatic rings. The average Bonchev–Trinajstić information content (AvgIpc) is 3.32. The van der Waals surface area contributed by atoms with Gasteiger partial charge in [-0.3, -0.25) is 0 Å². The molecule has 4 fully saturated rings. The van der Waals surface area contributed by atoms with Crippen LogP contribution < -0.4 is 0 Å². The first-order valence-corrected chi connectivity index (χ1v) is 12.7. The van der Waals surface area contributed by atoms with Crippen LogP contribution >= 0.6 is 0 Å². The number of allylic oxidation sites excluding steroid dienone is 3. The van der Waals surface area contributed by atoms with E-state index in [1.807, 2.05) is 0 Å². The maximum absolute atomic E-state index is 10.7. The molecular formula is C28H46O. The van der Waals surface area contributed by atoms with E-state index in [-0.39, 0.29) is 11.5 Å². The molecule has 0 heterocycles. The summed E-state index contributed by atoms with van der Waals surface area (Å²) in [7, 11) is 0. The Morgan fingerprint density at radius 1 is 0.931 bits per heavy atom. The molecule has 1 nitrogen and oxygen atoms in total. The smallest absolute Gasteiger partial charge is 0.0594 e. The minimum absolute atomic E-state index is 0.0944. The van der Waals surface area contributed by atoms with Gasteiger partial charge in [0.05, 0.1) is 6.10 Å². The lowest BCUT2D eigenvalue weighted by Gasteiger charge is -2.53. The van der Waals surface area contributed by atoms with Gasteiger partial charge in [0.2, 0.25) is 0 Å². The molecule has 1 unspecified atom stereocenters. The maximum atomic E-state index is 10.7. The zero-order valence-corrected chi connectivity index (χ0v) is 19.8. The highest BCUT2D eigenvalue weighted by molar-refractivity contribution is 5.14. The highest BCUT2D eigenvalue weighted by atomic mass is 16.3. The van der Waals surface area contributed by atoms with Crippen molar-refractivity contribution in [2.75, 3.05) is 0 Å². The molecule has 0 aliphatic heterocycles. The van der Waals surface area contributed by atoms with Gasteiger partial charge in [0.1, 0.15) is 0 Å². The van der Waals surface area contributed by atoms with Gasteiger partial charge in [-0.15, -0.1) is 0 Å². The Morgan fingerprint density at radius 3 is 2.34 bits per heavy atom. The molecule has 0 spiro atoms. The van der Waals surface area contributed by atoms with Crippen LogP contribution in [0, 0.1) is 46.3 Å². The van der Waals surface area contributed by atoms with E-state index in [1.165, 1.54) is 63.4 Å². The molecule has 4 saturated carbocycles. The molecular weight excluding hydrogens is 352 g/mol. The Morgan fingerprint density at radius 2 is 1.62 bits per heavy atom. The van der Waals surface area contributed by atoms with E-state index in [4.69, 9.17) is 0 Å². The summed E-state index contributed by atoms with van der Waals surface area (Å²) in [4.78, 5) is 0. The highest BCUT2D eigenvalue weighted by Crippen LogP contribution is 2.67. The van der Waals surface area contributed by atoms with Gasteiger partial charge in [-0.05, 0) is 124 Å². The Bertz CT molecular complexity index is 653. The Labute approximate surface area is 180 Å². The van der Waals surface area contributed by atoms with Crippen molar-refractivity contribution >= 4 is 0 Å². The van der Waals surface area contributed by atoms with E-state index in [1.54, 1.807) is 5.57 Å². The van der Waals surface area contributed by atoms with Crippen LogP contribution in [0.5, 0.6) is 0 Å². The molecule has 0 bridgehead atoms. The maximum Gasteiger partial charge on any atom is 0.0594 e. The standard InChI is InChI=1S/C28H46O/c1-18(2)8-7-9-19(3)20-10-11-22-21(20)12-13-23(22)24-14-15-25-27(4,5)26(29)16-17-28(24,25)6/h8,20-26,29H,3,7,9-17H2,1-2,4-6H3/t20-,21-,22-,23+,24+,25?,26-,28+/m0/s1. The van der Waals surface area contributed by atoms with Crippen molar-refractivity contribution in [2.45, 2.75) is 105 Å². The molecule has 1 N–H and O–H groups in total. The summed E-state index contributed by atoms with van der Waals surface area (Å²) in [6, 6.07) is 0. The number of fused-ring (bicyclic) bond motifs is 2. The summed E-state index contributed by atoms with van der Waals surface area (Å²) in [6.07, 6.45) is 15.4. The van der Waals surface area contributed by atoms with Gasteiger partial charge in [0.15, 0.2) is 0 Å². The van der Waals surface area contributed by atoms with E-state index in [2.05, 4.69) is 47.3 Å². The van der Waals surface area contributed by atoms with Crippen LogP contribution in [0.2, 0.25) is 0 Å². The molecule has 29 heavy (non-hydrogen) atoms. The lowest BCUT2D eigenvalue weighted by atomic mass is 9.53. The summed E-state index contributed by atoms with van der Waals surface area (Å²) in [5, 5.41) is 10.7. The van der Waals surface area contributed by atoms with Gasteiger partial charge < -0.3 is 5.11 Å². The van der Waals surface area contributed by atoms with Crippen molar-refractivity contribution in [3.05, 3.63) is 23.8 Å². The topological polar surface area (TPSA) is 20.2 Å². The summed E-state index contributed by atoms with van der Waals surface area (Å²) in [5.41, 5.74) is 3.54. The quantitative estimate of drug-likeness (QED) is 0.474. The molecule has 4 rings (SSSR count). The van der Waals surface area contributed by atoms with E-state index in [0.717, 1.165) is 36.0 Å². The Hall–Kier alpha value is -0.560. The summed E-state index contributed by atoms with van der Waals surface area (Å²) < 4.78 is 0. The normalized spacial score (nSPS) is 45.7. The second-order valence-corrected chi connectivity index (χ2v) is 12.3. The van der Waals surface area contributed by atoms with Crippen LogP contribution in [0.15, 0.2) is 23.8 Å². The molecule has 0 radical (unpaired) electrons. The minimum atomic E-state index is -0.101. The van der Waals surface area contributed by atoms with Gasteiger partial charge in [0, 0.05) is 0 Å². The fourth-order valence-electron chi connectivity index (χ4n) is 8.98. The van der Waals surface area contributed by atoms with Crippen LogP contribution in [0.25, 0.3) is 0 Å². The number of aliphatic hydroxyl groups is 1. The van der Waals surface area contributed by atoms with Crippen LogP contribution in [0.3, 0.4) is 0 Å². The molecule has 1 heteroatoms. The van der Waals surface area contributed by atoms with Crippen molar-refractivity contribution in [3.8, 4) is 0 Å². The average molecular weight is 399 g/mol. The lowest BCUT2D eigenvalue weighted by Crippen LogP contribution is -2.50. The van der Waals surface area contributed by atoms with Crippen LogP contribution in [0.4, 0.5) is 0 Å². The first kappa shape index (κ1) is 21.7. The van der Waals surface area contributed by atoms with E-state index >= 15 is 0 Å². The monoisotopic (exact) mass is 398 g/mol. The van der Waals surface area contributed by atoms with Crippen molar-refractivity contribution in [2.24, 2.45) is 46.3 Å². The molecule has 0 aromatic heterocycles. The summed E-state index contributed by atoms with van der Waals surface area (Å²) in [5.74, 6) is 5.22. The molecule has 0 amide bonds. The third-order valence-corrected chi connectivity index (χ3v) is 10.4. The molecule has 0 saturated heterocycles. The van der Waals surface area contributed by atoms with Gasteiger partial charge >= 0.3 is 0 Å². The van der Waals surface area contributed by atoms with Crippen molar-refractivity contribution < 1.29 is 5.11 Å². The third-order valence-electron chi connectivity index (χ3n) is 10.4. The molecule has 4 aliphatic carbocycles. The minimum Gasteiger partial charge on any atom is -0.393 e. The van der Waals surface area contributed by atoms with E-state index < -0.39 is 0 Å². The second-order valence-electron chi connectivity index (χ2n) is 12.3. The van der Waals surface area contributed by atoms with Gasteiger partial charge in [-0.25, -0.2) is 0 Å². The predicted molar refractivity (Wildman–Crippen MR) is 124 cm³/mol. The van der Waals surface area contributed by atoms with Crippen LogP contribution in [-0.2, 0) is 0 Å². The third kappa shape index (κ3) is 3.58. The lowest BCUT2D eigenvalue weighted by molar-refractivity contribution is -0.101. The number of rotatable bonds is 5. The van der Waals surface area contributed by atoms with E-state index in [0.29, 0.717) is 11.3 Å². The zero-order chi connectivity index (χ0) is 21.0. The molecule has 164 valence electrons. The number of hydrogen-bond acceptors (Lipinski definition) is 1. The first-order valence-electron chi connectivity index (χ1n) is 12.7. The second kappa shape index (κ2) is 7.85. The SMILES string of the molecule is C=C(CCC=C(C)C)[C@@H]1CC[C@@H]2[C@H]([C@H]3CCC4C(C)(C)[C@@H](O)CC[C@@]43C)CC[C@H]21. The Kier molecular flexibility index (Phi) is 5.86.